The first-order valence-electron chi connectivity index (χ1n) is 4.54. The molecule has 0 aliphatic heterocycles. The van der Waals surface area contributed by atoms with Crippen LogP contribution in [-0.2, 0) is 0 Å². The van der Waals surface area contributed by atoms with E-state index in [-0.39, 0.29) is 0 Å². The van der Waals surface area contributed by atoms with Gasteiger partial charge in [0.05, 0.1) is 0 Å². The summed E-state index contributed by atoms with van der Waals surface area (Å²) in [6, 6.07) is 8.62. The molecule has 0 fully saturated rings. The lowest BCUT2D eigenvalue weighted by Crippen LogP contribution is -1.81. The van der Waals surface area contributed by atoms with Crippen LogP contribution in [0.3, 0.4) is 0 Å². The normalized spacial score (nSPS) is 11.8. The number of aryl methyl sites for hydroxylation is 1. The van der Waals surface area contributed by atoms with Gasteiger partial charge in [0.2, 0.25) is 0 Å². The van der Waals surface area contributed by atoms with Crippen molar-refractivity contribution in [2.45, 2.75) is 20.3 Å². The van der Waals surface area contributed by atoms with Gasteiger partial charge in [0.15, 0.2) is 0 Å². The fourth-order valence-corrected chi connectivity index (χ4v) is 1.51. The van der Waals surface area contributed by atoms with Gasteiger partial charge in [-0.25, -0.2) is 0 Å². The van der Waals surface area contributed by atoms with E-state index in [0.717, 1.165) is 11.8 Å². The Hall–Kier alpha value is -0.560. The third-order valence-electron chi connectivity index (χ3n) is 2.03. The summed E-state index contributed by atoms with van der Waals surface area (Å²) >= 11 is 3.42. The Bertz CT molecular complexity index is 300. The average molecular weight is 239 g/mol. The van der Waals surface area contributed by atoms with Gasteiger partial charge in [-0.15, -0.1) is 0 Å². The zero-order valence-electron chi connectivity index (χ0n) is 8.18. The second-order valence-corrected chi connectivity index (χ2v) is 4.03. The van der Waals surface area contributed by atoms with Gasteiger partial charge in [-0.3, -0.25) is 0 Å². The second-order valence-electron chi connectivity index (χ2n) is 3.23. The maximum atomic E-state index is 3.42. The highest BCUT2D eigenvalue weighted by molar-refractivity contribution is 9.09. The van der Waals surface area contributed by atoms with Crippen molar-refractivity contribution in [1.29, 1.82) is 0 Å². The monoisotopic (exact) mass is 238 g/mol. The van der Waals surface area contributed by atoms with Gasteiger partial charge in [-0.1, -0.05) is 51.8 Å². The Morgan fingerprint density at radius 1 is 1.46 bits per heavy atom. The Kier molecular flexibility index (Phi) is 4.23. The smallest absolute Gasteiger partial charge is 0.00661 e. The van der Waals surface area contributed by atoms with E-state index in [4.69, 9.17) is 0 Å². The summed E-state index contributed by atoms with van der Waals surface area (Å²) in [5.41, 5.74) is 4.02. The zero-order chi connectivity index (χ0) is 9.68. The number of benzene rings is 1. The lowest BCUT2D eigenvalue weighted by atomic mass is 10.0. The molecule has 1 aromatic rings. The molecule has 0 nitrogen and oxygen atoms in total. The highest BCUT2D eigenvalue weighted by Crippen LogP contribution is 2.15. The first-order chi connectivity index (χ1) is 6.24. The van der Waals surface area contributed by atoms with Crippen LogP contribution in [0.4, 0.5) is 0 Å². The molecule has 1 heteroatoms. The highest BCUT2D eigenvalue weighted by Gasteiger charge is 1.94. The third kappa shape index (κ3) is 3.35. The molecular formula is C12H15Br. The molecule has 0 heterocycles. The molecule has 0 saturated heterocycles. The molecule has 0 aromatic heterocycles. The number of halogens is 1. The van der Waals surface area contributed by atoms with E-state index in [0.29, 0.717) is 0 Å². The topological polar surface area (TPSA) is 0 Å². The largest absolute Gasteiger partial charge is 0.0925 e. The van der Waals surface area contributed by atoms with Gasteiger partial charge in [-0.05, 0) is 31.4 Å². The summed E-state index contributed by atoms with van der Waals surface area (Å²) < 4.78 is 0. The van der Waals surface area contributed by atoms with Gasteiger partial charge in [0, 0.05) is 5.33 Å². The van der Waals surface area contributed by atoms with E-state index in [2.05, 4.69) is 60.1 Å². The summed E-state index contributed by atoms with van der Waals surface area (Å²) in [7, 11) is 0. The summed E-state index contributed by atoms with van der Waals surface area (Å²) in [4.78, 5) is 0. The van der Waals surface area contributed by atoms with Crippen molar-refractivity contribution in [3.05, 3.63) is 41.5 Å². The molecule has 1 rings (SSSR count). The highest BCUT2D eigenvalue weighted by atomic mass is 79.9. The molecule has 0 N–H and O–H groups in total. The number of allylic oxidation sites excluding steroid dienone is 2. The minimum atomic E-state index is 1.04. The van der Waals surface area contributed by atoms with Crippen molar-refractivity contribution < 1.29 is 0 Å². The van der Waals surface area contributed by atoms with Crippen LogP contribution in [0.5, 0.6) is 0 Å². The molecule has 0 aliphatic carbocycles. The van der Waals surface area contributed by atoms with Crippen molar-refractivity contribution in [3.63, 3.8) is 0 Å². The van der Waals surface area contributed by atoms with Crippen molar-refractivity contribution in [1.82, 2.24) is 0 Å². The maximum Gasteiger partial charge on any atom is 0.00661 e. The van der Waals surface area contributed by atoms with Crippen LogP contribution < -0.4 is 0 Å². The Balaban J connectivity index is 2.82. The predicted octanol–water partition coefficient (Wildman–Crippen LogP) is 4.18. The minimum absolute atomic E-state index is 1.04. The second kappa shape index (κ2) is 5.23. The molecule has 0 aliphatic rings. The first-order valence-corrected chi connectivity index (χ1v) is 5.66. The fraction of sp³-hybridized carbons (Fsp3) is 0.333. The number of alkyl halides is 1. The van der Waals surface area contributed by atoms with Crippen LogP contribution in [0.1, 0.15) is 24.5 Å². The molecule has 1 aromatic carbocycles. The summed E-state index contributed by atoms with van der Waals surface area (Å²) in [6.07, 6.45) is 3.36. The standard InChI is InChI=1S/C12H15Br/c1-10-5-3-7-12(9-10)11(2)6-4-8-13/h3,5-7,9H,4,8H2,1-2H3. The van der Waals surface area contributed by atoms with Gasteiger partial charge < -0.3 is 0 Å². The zero-order valence-corrected chi connectivity index (χ0v) is 9.76. The van der Waals surface area contributed by atoms with Gasteiger partial charge in [-0.2, -0.15) is 0 Å². The molecule has 13 heavy (non-hydrogen) atoms. The van der Waals surface area contributed by atoms with E-state index < -0.39 is 0 Å². The molecule has 0 atom stereocenters. The van der Waals surface area contributed by atoms with Crippen molar-refractivity contribution >= 4 is 21.5 Å². The summed E-state index contributed by atoms with van der Waals surface area (Å²) in [5.74, 6) is 0. The molecule has 0 bridgehead atoms. The lowest BCUT2D eigenvalue weighted by molar-refractivity contribution is 1.25. The SMILES string of the molecule is CC(=CCCBr)c1cccc(C)c1. The van der Waals surface area contributed by atoms with Crippen molar-refractivity contribution in [2.24, 2.45) is 0 Å². The van der Waals surface area contributed by atoms with Gasteiger partial charge in [0.1, 0.15) is 0 Å². The predicted molar refractivity (Wildman–Crippen MR) is 63.2 cm³/mol. The van der Waals surface area contributed by atoms with Crippen LogP contribution in [0, 0.1) is 6.92 Å². The number of rotatable bonds is 3. The van der Waals surface area contributed by atoms with E-state index >= 15 is 0 Å². The van der Waals surface area contributed by atoms with Crippen LogP contribution >= 0.6 is 15.9 Å². The van der Waals surface area contributed by atoms with Gasteiger partial charge in [0.25, 0.3) is 0 Å². The summed E-state index contributed by atoms with van der Waals surface area (Å²) in [6.45, 7) is 4.29. The first kappa shape index (κ1) is 10.5. The lowest BCUT2D eigenvalue weighted by Gasteiger charge is -2.02. The molecule has 70 valence electrons. The molecular weight excluding hydrogens is 224 g/mol. The maximum absolute atomic E-state index is 3.42. The Morgan fingerprint density at radius 2 is 2.23 bits per heavy atom. The molecule has 0 radical (unpaired) electrons. The Labute approximate surface area is 88.8 Å². The number of hydrogen-bond acceptors (Lipinski definition) is 0. The quantitative estimate of drug-likeness (QED) is 0.694. The fourth-order valence-electron chi connectivity index (χ4n) is 1.28. The van der Waals surface area contributed by atoms with Crippen LogP contribution in [0.15, 0.2) is 30.3 Å². The van der Waals surface area contributed by atoms with Crippen molar-refractivity contribution in [3.8, 4) is 0 Å². The molecule has 0 saturated carbocycles. The van der Waals surface area contributed by atoms with Crippen molar-refractivity contribution in [2.75, 3.05) is 5.33 Å². The van der Waals surface area contributed by atoms with E-state index in [1.807, 2.05) is 0 Å². The Morgan fingerprint density at radius 3 is 2.85 bits per heavy atom. The average Bonchev–Trinajstić information content (AvgIpc) is 2.14. The van der Waals surface area contributed by atoms with E-state index in [1.54, 1.807) is 0 Å². The van der Waals surface area contributed by atoms with Crippen LogP contribution in [-0.4, -0.2) is 5.33 Å². The third-order valence-corrected chi connectivity index (χ3v) is 2.49. The molecule has 0 unspecified atom stereocenters. The van der Waals surface area contributed by atoms with Crippen LogP contribution in [0.25, 0.3) is 5.57 Å². The summed E-state index contributed by atoms with van der Waals surface area (Å²) in [5, 5.41) is 1.04. The molecule has 0 spiro atoms. The van der Waals surface area contributed by atoms with E-state index in [1.165, 1.54) is 16.7 Å². The van der Waals surface area contributed by atoms with E-state index in [9.17, 15) is 0 Å². The molecule has 0 amide bonds. The minimum Gasteiger partial charge on any atom is -0.0925 e. The van der Waals surface area contributed by atoms with Gasteiger partial charge >= 0.3 is 0 Å². The number of hydrogen-bond donors (Lipinski definition) is 0. The van der Waals surface area contributed by atoms with Crippen LogP contribution in [0.2, 0.25) is 0 Å².